The lowest BCUT2D eigenvalue weighted by atomic mass is 9.75. The second kappa shape index (κ2) is 12.1. The van der Waals surface area contributed by atoms with Crippen LogP contribution < -0.4 is 20.7 Å². The first-order valence-electron chi connectivity index (χ1n) is 14.6. The highest BCUT2D eigenvalue weighted by Gasteiger charge is 2.63. The summed E-state index contributed by atoms with van der Waals surface area (Å²) in [6, 6.07) is 25.2. The van der Waals surface area contributed by atoms with Crippen LogP contribution >= 0.6 is 0 Å². The molecule has 3 aromatic carbocycles. The van der Waals surface area contributed by atoms with Crippen molar-refractivity contribution in [1.29, 1.82) is 0 Å². The summed E-state index contributed by atoms with van der Waals surface area (Å²) in [5, 5.41) is 10.9. The van der Waals surface area contributed by atoms with Crippen molar-refractivity contribution >= 4 is 0 Å². The zero-order chi connectivity index (χ0) is 31.8. The molecule has 2 aliphatic rings. The van der Waals surface area contributed by atoms with Gasteiger partial charge in [0.25, 0.3) is 5.56 Å². The number of hydrogen-bond acceptors (Lipinski definition) is 8. The molecule has 0 unspecified atom stereocenters. The average molecular weight is 613 g/mol. The van der Waals surface area contributed by atoms with E-state index in [0.717, 1.165) is 16.7 Å². The molecule has 234 valence electrons. The van der Waals surface area contributed by atoms with E-state index in [4.69, 9.17) is 23.7 Å². The number of benzene rings is 3. The Morgan fingerprint density at radius 1 is 0.956 bits per heavy atom. The number of rotatable bonds is 10. The van der Waals surface area contributed by atoms with Gasteiger partial charge in [-0.2, -0.15) is 0 Å². The lowest BCUT2D eigenvalue weighted by molar-refractivity contribution is -0.104. The molecule has 2 fully saturated rings. The summed E-state index contributed by atoms with van der Waals surface area (Å²) in [5.74, 6) is 1.39. The van der Waals surface area contributed by atoms with E-state index in [-0.39, 0.29) is 19.8 Å². The Labute approximate surface area is 260 Å². The standard InChI is InChI=1S/C35H36N2O8/c1-22-18-37(33(40)36-31(22)39)32-30-34(21-38,23(2)19-43-30)29(45-32)20-44-35(24-8-6-5-7-9-24,25-10-14-27(41-3)15-11-25)26-12-16-28(42-4)17-13-26/h5-18,29-30,32,38H,2,19-21H2,1,3-4H3,(H,36,39,40)/t29-,30+,32-,34-/m1/s1. The predicted molar refractivity (Wildman–Crippen MR) is 167 cm³/mol. The van der Waals surface area contributed by atoms with E-state index >= 15 is 0 Å². The van der Waals surface area contributed by atoms with Crippen molar-refractivity contribution in [1.82, 2.24) is 9.55 Å². The van der Waals surface area contributed by atoms with Crippen molar-refractivity contribution in [3.8, 4) is 11.5 Å². The summed E-state index contributed by atoms with van der Waals surface area (Å²) in [6.07, 6.45) is -1.02. The summed E-state index contributed by atoms with van der Waals surface area (Å²) in [4.78, 5) is 27.4. The number of nitrogens with one attached hydrogen (secondary N) is 1. The maximum Gasteiger partial charge on any atom is 0.330 e. The highest BCUT2D eigenvalue weighted by Crippen LogP contribution is 2.54. The Hall–Kier alpha value is -4.48. The Kier molecular flexibility index (Phi) is 8.23. The van der Waals surface area contributed by atoms with Gasteiger partial charge in [0, 0.05) is 11.8 Å². The summed E-state index contributed by atoms with van der Waals surface area (Å²) < 4.78 is 32.0. The number of methoxy groups -OCH3 is 2. The second-order valence-electron chi connectivity index (χ2n) is 11.3. The SMILES string of the molecule is C=C1CO[C@H]2[C@H](n3cc(C)c(=O)[nH]c3=O)O[C@H](COC(c3ccccc3)(c3ccc(OC)cc3)c3ccc(OC)cc3)[C@@]12CO. The van der Waals surface area contributed by atoms with Gasteiger partial charge in [-0.25, -0.2) is 4.79 Å². The molecular weight excluding hydrogens is 576 g/mol. The first-order chi connectivity index (χ1) is 21.8. The number of aromatic amines is 1. The first-order valence-corrected chi connectivity index (χ1v) is 14.6. The normalized spacial score (nSPS) is 22.8. The minimum absolute atomic E-state index is 0.0139. The molecule has 0 aliphatic carbocycles. The molecule has 4 aromatic rings. The number of H-pyrrole nitrogens is 1. The number of aliphatic hydroxyl groups is 1. The largest absolute Gasteiger partial charge is 0.497 e. The molecule has 0 radical (unpaired) electrons. The van der Waals surface area contributed by atoms with Gasteiger partial charge >= 0.3 is 5.69 Å². The van der Waals surface area contributed by atoms with E-state index in [1.807, 2.05) is 78.9 Å². The zero-order valence-corrected chi connectivity index (χ0v) is 25.4. The monoisotopic (exact) mass is 612 g/mol. The van der Waals surface area contributed by atoms with Crippen LogP contribution in [0, 0.1) is 12.3 Å². The van der Waals surface area contributed by atoms with Gasteiger partial charge in [-0.15, -0.1) is 0 Å². The van der Waals surface area contributed by atoms with Gasteiger partial charge in [0.15, 0.2) is 6.23 Å². The predicted octanol–water partition coefficient (Wildman–Crippen LogP) is 3.70. The number of aromatic nitrogens is 2. The quantitative estimate of drug-likeness (QED) is 0.206. The van der Waals surface area contributed by atoms with Crippen molar-refractivity contribution in [2.75, 3.05) is 34.0 Å². The number of nitrogens with zero attached hydrogens (tertiary/aromatic N) is 1. The fourth-order valence-corrected chi connectivity index (χ4v) is 6.54. The van der Waals surface area contributed by atoms with Gasteiger partial charge in [-0.3, -0.25) is 14.3 Å². The van der Waals surface area contributed by atoms with E-state index in [2.05, 4.69) is 11.6 Å². The van der Waals surface area contributed by atoms with Crippen LogP contribution in [-0.4, -0.2) is 60.9 Å². The fourth-order valence-electron chi connectivity index (χ4n) is 6.54. The van der Waals surface area contributed by atoms with Crippen molar-refractivity contribution in [2.24, 2.45) is 5.41 Å². The number of aryl methyl sites for hydroxylation is 1. The van der Waals surface area contributed by atoms with Crippen molar-refractivity contribution in [3.05, 3.63) is 140 Å². The van der Waals surface area contributed by atoms with Crippen LogP contribution in [0.2, 0.25) is 0 Å². The summed E-state index contributed by atoms with van der Waals surface area (Å²) in [6.45, 7) is 5.66. The van der Waals surface area contributed by atoms with Gasteiger partial charge in [-0.1, -0.05) is 61.2 Å². The molecule has 4 atom stereocenters. The molecule has 0 amide bonds. The van der Waals surface area contributed by atoms with Gasteiger partial charge < -0.3 is 28.8 Å². The third kappa shape index (κ3) is 5.00. The molecule has 0 saturated carbocycles. The van der Waals surface area contributed by atoms with Crippen LogP contribution in [0.15, 0.2) is 107 Å². The highest BCUT2D eigenvalue weighted by molar-refractivity contribution is 5.50. The summed E-state index contributed by atoms with van der Waals surface area (Å²) >= 11 is 0. The lowest BCUT2D eigenvalue weighted by Crippen LogP contribution is -2.46. The Morgan fingerprint density at radius 3 is 2.09 bits per heavy atom. The third-order valence-electron chi connectivity index (χ3n) is 9.05. The van der Waals surface area contributed by atoms with E-state index in [1.54, 1.807) is 21.1 Å². The van der Waals surface area contributed by atoms with Crippen LogP contribution in [0.25, 0.3) is 0 Å². The van der Waals surface area contributed by atoms with Crippen LogP contribution in [-0.2, 0) is 19.8 Å². The van der Waals surface area contributed by atoms with Gasteiger partial charge in [0.05, 0.1) is 45.6 Å². The molecule has 1 aromatic heterocycles. The number of fused-ring (bicyclic) bond motifs is 1. The van der Waals surface area contributed by atoms with E-state index in [0.29, 0.717) is 22.6 Å². The van der Waals surface area contributed by atoms with Crippen molar-refractivity contribution < 1.29 is 28.8 Å². The van der Waals surface area contributed by atoms with Crippen molar-refractivity contribution in [2.45, 2.75) is 31.0 Å². The molecule has 2 N–H and O–H groups in total. The number of hydrogen-bond donors (Lipinski definition) is 2. The second-order valence-corrected chi connectivity index (χ2v) is 11.3. The van der Waals surface area contributed by atoms with Crippen LogP contribution in [0.4, 0.5) is 0 Å². The Morgan fingerprint density at radius 2 is 1.53 bits per heavy atom. The maximum absolute atomic E-state index is 13.0. The van der Waals surface area contributed by atoms with Crippen molar-refractivity contribution in [3.63, 3.8) is 0 Å². The van der Waals surface area contributed by atoms with Gasteiger partial charge in [0.1, 0.15) is 23.2 Å². The van der Waals surface area contributed by atoms with E-state index in [9.17, 15) is 14.7 Å². The van der Waals surface area contributed by atoms with Gasteiger partial charge in [-0.05, 0) is 53.5 Å². The molecule has 10 nitrogen and oxygen atoms in total. The Balaban J connectivity index is 1.48. The number of aliphatic hydroxyl groups excluding tert-OH is 1. The minimum atomic E-state index is -1.14. The van der Waals surface area contributed by atoms with E-state index in [1.165, 1.54) is 10.8 Å². The average Bonchev–Trinajstić information content (AvgIpc) is 3.58. The maximum atomic E-state index is 13.0. The molecule has 10 heteroatoms. The van der Waals surface area contributed by atoms with Gasteiger partial charge in [0.2, 0.25) is 0 Å². The molecule has 3 heterocycles. The highest BCUT2D eigenvalue weighted by atomic mass is 16.6. The molecule has 2 saturated heterocycles. The first kappa shape index (κ1) is 30.5. The van der Waals surface area contributed by atoms with Crippen LogP contribution in [0.5, 0.6) is 11.5 Å². The topological polar surface area (TPSA) is 121 Å². The van der Waals surface area contributed by atoms with Crippen LogP contribution in [0.3, 0.4) is 0 Å². The molecule has 2 aliphatic heterocycles. The molecule has 0 spiro atoms. The molecule has 6 rings (SSSR count). The van der Waals surface area contributed by atoms with Crippen LogP contribution in [0.1, 0.15) is 28.5 Å². The fraction of sp³-hybridized carbons (Fsp3) is 0.314. The summed E-state index contributed by atoms with van der Waals surface area (Å²) in [5.41, 5.74) is 0.168. The third-order valence-corrected chi connectivity index (χ3v) is 9.05. The number of ether oxygens (including phenoxy) is 5. The summed E-state index contributed by atoms with van der Waals surface area (Å²) in [7, 11) is 3.23. The lowest BCUT2D eigenvalue weighted by Gasteiger charge is -2.39. The molecular formula is C35H36N2O8. The molecule has 0 bridgehead atoms. The molecule has 45 heavy (non-hydrogen) atoms. The Bertz CT molecular complexity index is 1730. The zero-order valence-electron chi connectivity index (χ0n) is 25.4. The smallest absolute Gasteiger partial charge is 0.330 e. The minimum Gasteiger partial charge on any atom is -0.497 e. The van der Waals surface area contributed by atoms with E-state index < -0.39 is 40.7 Å².